The minimum atomic E-state index is -3.51. The molecule has 2 heterocycles. The van der Waals surface area contributed by atoms with Gasteiger partial charge in [-0.25, -0.2) is 0 Å². The largest absolute Gasteiger partial charge is 0.307 e. The molecule has 0 saturated heterocycles. The third-order valence-corrected chi connectivity index (χ3v) is 4.85. The summed E-state index contributed by atoms with van der Waals surface area (Å²) in [5.74, 6) is 0. The molecule has 0 aliphatic carbocycles. The lowest BCUT2D eigenvalue weighted by Crippen LogP contribution is -2.11. The Labute approximate surface area is 143 Å². The second kappa shape index (κ2) is 5.72. The van der Waals surface area contributed by atoms with Crippen LogP contribution in [0.3, 0.4) is 0 Å². The molecule has 0 saturated carbocycles. The number of H-pyrrole nitrogens is 1. The maximum absolute atomic E-state index is 12.5. The van der Waals surface area contributed by atoms with E-state index in [4.69, 9.17) is 4.18 Å². The molecule has 1 N–H and O–H groups in total. The van der Waals surface area contributed by atoms with Crippen LogP contribution in [-0.2, 0) is 20.7 Å². The summed E-state index contributed by atoms with van der Waals surface area (Å²) >= 11 is 0. The number of hydrogen-bond donors (Lipinski definition) is 1. The van der Waals surface area contributed by atoms with E-state index in [-0.39, 0.29) is 12.2 Å². The Morgan fingerprint density at radius 1 is 1.00 bits per heavy atom. The summed E-state index contributed by atoms with van der Waals surface area (Å²) in [6, 6.07) is 15.2. The first kappa shape index (κ1) is 15.9. The lowest BCUT2D eigenvalue weighted by molar-refractivity contribution is 0.326. The molecule has 0 amide bonds. The minimum Gasteiger partial charge on any atom is -0.307 e. The van der Waals surface area contributed by atoms with Crippen LogP contribution in [0.25, 0.3) is 27.5 Å². The molecule has 0 spiro atoms. The first-order chi connectivity index (χ1) is 12.0. The van der Waals surface area contributed by atoms with Crippen LogP contribution >= 0.6 is 0 Å². The molecule has 7 heteroatoms. The molecule has 6 nitrogen and oxygen atoms in total. The fraction of sp³-hybridized carbons (Fsp3) is 0.167. The highest BCUT2D eigenvalue weighted by Crippen LogP contribution is 2.28. The summed E-state index contributed by atoms with van der Waals surface area (Å²) in [4.78, 5) is 15.4. The van der Waals surface area contributed by atoms with Crippen LogP contribution in [0.2, 0.25) is 0 Å². The molecule has 0 unspecified atom stereocenters. The fourth-order valence-corrected chi connectivity index (χ4v) is 3.66. The first-order valence-electron chi connectivity index (χ1n) is 7.83. The molecule has 4 aromatic rings. The molecular formula is C18H16N2O4S. The number of nitrogens with one attached hydrogen (secondary N) is 1. The fourth-order valence-electron chi connectivity index (χ4n) is 3.27. The minimum absolute atomic E-state index is 0.0252. The van der Waals surface area contributed by atoms with Crippen molar-refractivity contribution in [3.05, 3.63) is 64.4 Å². The van der Waals surface area contributed by atoms with E-state index in [0.29, 0.717) is 17.5 Å². The second-order valence-electron chi connectivity index (χ2n) is 5.93. The Morgan fingerprint density at radius 3 is 2.28 bits per heavy atom. The van der Waals surface area contributed by atoms with Gasteiger partial charge >= 0.3 is 0 Å². The van der Waals surface area contributed by atoms with E-state index in [1.54, 1.807) is 6.07 Å². The zero-order valence-corrected chi connectivity index (χ0v) is 14.3. The summed E-state index contributed by atoms with van der Waals surface area (Å²) in [5, 5.41) is 1.57. The zero-order valence-electron chi connectivity index (χ0n) is 13.5. The van der Waals surface area contributed by atoms with Gasteiger partial charge in [0.25, 0.3) is 15.7 Å². The van der Waals surface area contributed by atoms with Gasteiger partial charge in [-0.1, -0.05) is 30.3 Å². The maximum Gasteiger partial charge on any atom is 0.264 e. The van der Waals surface area contributed by atoms with Crippen LogP contribution in [0.1, 0.15) is 5.56 Å². The molecule has 128 valence electrons. The lowest BCUT2D eigenvalue weighted by atomic mass is 10.1. The molecule has 2 aromatic carbocycles. The average Bonchev–Trinajstić information content (AvgIpc) is 2.88. The second-order valence-corrected chi connectivity index (χ2v) is 7.57. The number of aromatic nitrogens is 2. The van der Waals surface area contributed by atoms with Crippen molar-refractivity contribution in [1.29, 1.82) is 0 Å². The van der Waals surface area contributed by atoms with Crippen molar-refractivity contribution in [2.45, 2.75) is 6.42 Å². The van der Waals surface area contributed by atoms with Gasteiger partial charge in [0, 0.05) is 17.4 Å². The highest BCUT2D eigenvalue weighted by molar-refractivity contribution is 7.85. The number of rotatable bonds is 4. The smallest absolute Gasteiger partial charge is 0.264 e. The van der Waals surface area contributed by atoms with Gasteiger partial charge in [0.15, 0.2) is 0 Å². The van der Waals surface area contributed by atoms with E-state index in [0.717, 1.165) is 28.2 Å². The molecule has 25 heavy (non-hydrogen) atoms. The quantitative estimate of drug-likeness (QED) is 0.570. The van der Waals surface area contributed by atoms with E-state index < -0.39 is 10.1 Å². The number of nitrogens with zero attached hydrogens (tertiary/aromatic N) is 1. The van der Waals surface area contributed by atoms with Gasteiger partial charge in [-0.3, -0.25) is 13.4 Å². The molecule has 0 bridgehead atoms. The van der Waals surface area contributed by atoms with Crippen molar-refractivity contribution in [2.24, 2.45) is 0 Å². The monoisotopic (exact) mass is 356 g/mol. The Hall–Kier alpha value is -2.64. The number of para-hydroxylation sites is 2. The summed E-state index contributed by atoms with van der Waals surface area (Å²) in [6.45, 7) is 0.0252. The molecule has 0 aliphatic heterocycles. The summed E-state index contributed by atoms with van der Waals surface area (Å²) in [6.07, 6.45) is 1.40. The molecular weight excluding hydrogens is 340 g/mol. The summed E-state index contributed by atoms with van der Waals surface area (Å²) in [7, 11) is -3.51. The predicted octanol–water partition coefficient (Wildman–Crippen LogP) is 2.45. The van der Waals surface area contributed by atoms with Gasteiger partial charge < -0.3 is 4.98 Å². The number of aromatic amines is 1. The normalized spacial score (nSPS) is 12.4. The molecule has 4 rings (SSSR count). The van der Waals surface area contributed by atoms with Crippen LogP contribution in [0.5, 0.6) is 0 Å². The van der Waals surface area contributed by atoms with Gasteiger partial charge in [-0.15, -0.1) is 0 Å². The van der Waals surface area contributed by atoms with Crippen molar-refractivity contribution < 1.29 is 12.6 Å². The first-order valence-corrected chi connectivity index (χ1v) is 9.65. The molecule has 0 radical (unpaired) electrons. The lowest BCUT2D eigenvalue weighted by Gasteiger charge is -2.05. The van der Waals surface area contributed by atoms with Crippen LogP contribution in [0.15, 0.2) is 53.3 Å². The van der Waals surface area contributed by atoms with Gasteiger partial charge in [-0.2, -0.15) is 8.42 Å². The SMILES string of the molecule is CS(=O)(=O)OCCc1c2ccccc2n2c1[nH]c(=O)c1ccccc12. The van der Waals surface area contributed by atoms with E-state index >= 15 is 0 Å². The van der Waals surface area contributed by atoms with E-state index in [9.17, 15) is 13.2 Å². The molecule has 0 atom stereocenters. The van der Waals surface area contributed by atoms with Gasteiger partial charge in [0.2, 0.25) is 0 Å². The van der Waals surface area contributed by atoms with Crippen molar-refractivity contribution >= 4 is 37.6 Å². The van der Waals surface area contributed by atoms with E-state index in [1.807, 2.05) is 46.9 Å². The standard InChI is InChI=1S/C18H16N2O4S/c1-25(22,23)24-11-10-13-12-6-2-4-8-15(12)20-16-9-5-3-7-14(16)18(21)19-17(13)20/h2-9H,10-11H2,1H3,(H,19,21). The van der Waals surface area contributed by atoms with Gasteiger partial charge in [0.05, 0.1) is 29.3 Å². The molecule has 0 aliphatic rings. The maximum atomic E-state index is 12.5. The third kappa shape index (κ3) is 2.71. The highest BCUT2D eigenvalue weighted by Gasteiger charge is 2.16. The van der Waals surface area contributed by atoms with Crippen molar-refractivity contribution in [3.63, 3.8) is 0 Å². The predicted molar refractivity (Wildman–Crippen MR) is 97.5 cm³/mol. The van der Waals surface area contributed by atoms with E-state index in [1.165, 1.54) is 0 Å². The molecule has 2 aromatic heterocycles. The third-order valence-electron chi connectivity index (χ3n) is 4.25. The highest BCUT2D eigenvalue weighted by atomic mass is 32.2. The van der Waals surface area contributed by atoms with Crippen LogP contribution in [0, 0.1) is 0 Å². The van der Waals surface area contributed by atoms with Gasteiger partial charge in [0.1, 0.15) is 5.65 Å². The average molecular weight is 356 g/mol. The number of benzene rings is 2. The topological polar surface area (TPSA) is 80.6 Å². The summed E-state index contributed by atoms with van der Waals surface area (Å²) in [5.41, 5.74) is 3.13. The van der Waals surface area contributed by atoms with Crippen LogP contribution in [-0.4, -0.2) is 30.7 Å². The van der Waals surface area contributed by atoms with Crippen LogP contribution < -0.4 is 5.56 Å². The zero-order chi connectivity index (χ0) is 17.6. The Kier molecular flexibility index (Phi) is 3.63. The van der Waals surface area contributed by atoms with Crippen molar-refractivity contribution in [2.75, 3.05) is 12.9 Å². The van der Waals surface area contributed by atoms with Crippen molar-refractivity contribution in [1.82, 2.24) is 9.38 Å². The van der Waals surface area contributed by atoms with E-state index in [2.05, 4.69) is 4.98 Å². The van der Waals surface area contributed by atoms with Crippen LogP contribution in [0.4, 0.5) is 0 Å². The van der Waals surface area contributed by atoms with Crippen molar-refractivity contribution in [3.8, 4) is 0 Å². The number of fused-ring (bicyclic) bond motifs is 5. The number of hydrogen-bond acceptors (Lipinski definition) is 4. The summed E-state index contributed by atoms with van der Waals surface area (Å²) < 4.78 is 29.4. The Balaban J connectivity index is 2.02. The molecule has 0 fully saturated rings. The Morgan fingerprint density at radius 2 is 1.60 bits per heavy atom. The Bertz CT molecular complexity index is 1270. The van der Waals surface area contributed by atoms with Gasteiger partial charge in [-0.05, 0) is 18.2 Å².